The van der Waals surface area contributed by atoms with Gasteiger partial charge in [0.25, 0.3) is 17.4 Å². The highest BCUT2D eigenvalue weighted by Crippen LogP contribution is 2.27. The molecule has 0 spiro atoms. The lowest BCUT2D eigenvalue weighted by molar-refractivity contribution is -0.140. The van der Waals surface area contributed by atoms with Gasteiger partial charge in [-0.25, -0.2) is 4.98 Å². The van der Waals surface area contributed by atoms with Crippen molar-refractivity contribution in [2.45, 2.75) is 51.6 Å². The molecule has 0 bridgehead atoms. The summed E-state index contributed by atoms with van der Waals surface area (Å²) < 4.78 is 0. The van der Waals surface area contributed by atoms with Crippen LogP contribution in [0.3, 0.4) is 0 Å². The van der Waals surface area contributed by atoms with Crippen molar-refractivity contribution >= 4 is 34.5 Å². The maximum absolute atomic E-state index is 13.4. The third-order valence-electron chi connectivity index (χ3n) is 6.36. The first-order valence-corrected chi connectivity index (χ1v) is 12.8. The minimum atomic E-state index is -1.29. The molecule has 11 heteroatoms. The van der Waals surface area contributed by atoms with Crippen LogP contribution in [0.1, 0.15) is 49.3 Å². The van der Waals surface area contributed by atoms with E-state index in [2.05, 4.69) is 30.9 Å². The largest absolute Gasteiger partial charge is 0.349 e. The van der Waals surface area contributed by atoms with Crippen LogP contribution in [0.25, 0.3) is 11.0 Å². The summed E-state index contributed by atoms with van der Waals surface area (Å²) in [5.74, 6) is -2.45. The minimum absolute atomic E-state index is 0.0229. The zero-order chi connectivity index (χ0) is 27.2. The van der Waals surface area contributed by atoms with E-state index in [1.807, 2.05) is 19.9 Å². The Hall–Kier alpha value is -4.28. The lowest BCUT2D eigenvalue weighted by Gasteiger charge is -2.23. The second-order valence-electron chi connectivity index (χ2n) is 10.1. The Morgan fingerprint density at radius 1 is 1.03 bits per heavy atom. The molecule has 2 atom stereocenters. The van der Waals surface area contributed by atoms with Gasteiger partial charge in [0.05, 0.1) is 11.0 Å². The summed E-state index contributed by atoms with van der Waals surface area (Å²) in [7, 11) is 0. The molecule has 1 aliphatic carbocycles. The number of benzene rings is 1. The summed E-state index contributed by atoms with van der Waals surface area (Å²) in [6, 6.07) is 7.99. The Balaban J connectivity index is 1.51. The average molecular weight is 521 g/mol. The molecule has 5 N–H and O–H groups in total. The summed E-state index contributed by atoms with van der Waals surface area (Å²) in [5.41, 5.74) is 1.11. The standard InChI is InChI=1S/C27H32N6O5/c1-15(2)12-21(33-27(38)23-30-18-7-3-4-8-19(18)31-23)25(36)32-20(13-17-6-5-11-28-24(17)35)22(34)26(37)29-14-16-9-10-16/h3-8,11,15-16,20-21H,9-10,12-14H2,1-2H3,(H,28,35)(H,29,37)(H,30,31)(H,32,36)(H,33,38). The van der Waals surface area contributed by atoms with Crippen LogP contribution in [-0.4, -0.2) is 57.1 Å². The molecule has 1 fully saturated rings. The Morgan fingerprint density at radius 3 is 2.47 bits per heavy atom. The summed E-state index contributed by atoms with van der Waals surface area (Å²) in [5, 5.41) is 7.93. The normalized spacial score (nSPS) is 14.6. The fourth-order valence-corrected chi connectivity index (χ4v) is 4.11. The molecule has 2 heterocycles. The second-order valence-corrected chi connectivity index (χ2v) is 10.1. The number of nitrogens with one attached hydrogen (secondary N) is 5. The molecule has 2 unspecified atom stereocenters. The van der Waals surface area contributed by atoms with Crippen molar-refractivity contribution in [1.82, 2.24) is 30.9 Å². The SMILES string of the molecule is CC(C)CC(NC(=O)c1nc2ccccc2[nH]1)C(=O)NC(Cc1ccc[nH]c1=O)C(=O)C(=O)NCC1CC1. The first-order valence-electron chi connectivity index (χ1n) is 12.8. The van der Waals surface area contributed by atoms with E-state index in [0.717, 1.165) is 12.8 Å². The van der Waals surface area contributed by atoms with Crippen LogP contribution < -0.4 is 21.5 Å². The number of hydrogen-bond acceptors (Lipinski definition) is 6. The van der Waals surface area contributed by atoms with E-state index in [1.54, 1.807) is 24.3 Å². The smallest absolute Gasteiger partial charge is 0.289 e. The van der Waals surface area contributed by atoms with Gasteiger partial charge in [0.1, 0.15) is 12.1 Å². The number of rotatable bonds is 12. The van der Waals surface area contributed by atoms with Crippen LogP contribution in [0.2, 0.25) is 0 Å². The van der Waals surface area contributed by atoms with Crippen LogP contribution in [0.4, 0.5) is 0 Å². The van der Waals surface area contributed by atoms with Gasteiger partial charge in [0.2, 0.25) is 11.7 Å². The van der Waals surface area contributed by atoms with Crippen molar-refractivity contribution in [3.63, 3.8) is 0 Å². The van der Waals surface area contributed by atoms with Crippen molar-refractivity contribution < 1.29 is 19.2 Å². The van der Waals surface area contributed by atoms with Crippen molar-refractivity contribution in [2.24, 2.45) is 11.8 Å². The highest BCUT2D eigenvalue weighted by Gasteiger charge is 2.32. The number of amides is 3. The molecule has 1 aliphatic rings. The third kappa shape index (κ3) is 6.93. The van der Waals surface area contributed by atoms with Crippen molar-refractivity contribution in [1.29, 1.82) is 0 Å². The van der Waals surface area contributed by atoms with Gasteiger partial charge in [0, 0.05) is 24.7 Å². The molecular formula is C27H32N6O5. The fourth-order valence-electron chi connectivity index (χ4n) is 4.11. The van der Waals surface area contributed by atoms with Crippen LogP contribution >= 0.6 is 0 Å². The van der Waals surface area contributed by atoms with Gasteiger partial charge < -0.3 is 25.9 Å². The number of ketones is 1. The van der Waals surface area contributed by atoms with E-state index in [-0.39, 0.29) is 30.1 Å². The molecule has 4 rings (SSSR count). The van der Waals surface area contributed by atoms with E-state index in [1.165, 1.54) is 12.3 Å². The van der Waals surface area contributed by atoms with Crippen molar-refractivity contribution in [3.8, 4) is 0 Å². The fraction of sp³-hybridized carbons (Fsp3) is 0.407. The summed E-state index contributed by atoms with van der Waals surface area (Å²) in [4.78, 5) is 74.0. The number of carbonyl (C=O) groups excluding carboxylic acids is 4. The Kier molecular flexibility index (Phi) is 8.35. The van der Waals surface area contributed by atoms with Crippen molar-refractivity contribution in [3.05, 3.63) is 64.3 Å². The van der Waals surface area contributed by atoms with Gasteiger partial charge in [-0.1, -0.05) is 32.0 Å². The van der Waals surface area contributed by atoms with Crippen LogP contribution in [0.15, 0.2) is 47.4 Å². The number of aromatic amines is 2. The highest BCUT2D eigenvalue weighted by molar-refractivity contribution is 6.38. The molecule has 1 aromatic carbocycles. The van der Waals surface area contributed by atoms with Gasteiger partial charge in [-0.3, -0.25) is 24.0 Å². The third-order valence-corrected chi connectivity index (χ3v) is 6.36. The van der Waals surface area contributed by atoms with Crippen LogP contribution in [0, 0.1) is 11.8 Å². The Labute approximate surface area is 219 Å². The van der Waals surface area contributed by atoms with Crippen molar-refractivity contribution in [2.75, 3.05) is 6.54 Å². The number of aromatic nitrogens is 3. The highest BCUT2D eigenvalue weighted by atomic mass is 16.2. The van der Waals surface area contributed by atoms with Gasteiger partial charge in [-0.05, 0) is 49.3 Å². The molecule has 200 valence electrons. The van der Waals surface area contributed by atoms with Gasteiger partial charge in [-0.2, -0.15) is 0 Å². The molecule has 1 saturated carbocycles. The molecule has 38 heavy (non-hydrogen) atoms. The molecular weight excluding hydrogens is 488 g/mol. The summed E-state index contributed by atoms with van der Waals surface area (Å²) in [6.07, 6.45) is 3.55. The van der Waals surface area contributed by atoms with E-state index in [4.69, 9.17) is 0 Å². The molecule has 0 aliphatic heterocycles. The van der Waals surface area contributed by atoms with E-state index in [9.17, 15) is 24.0 Å². The first kappa shape index (κ1) is 26.8. The van der Waals surface area contributed by atoms with Crippen LogP contribution in [-0.2, 0) is 20.8 Å². The topological polar surface area (TPSA) is 166 Å². The zero-order valence-electron chi connectivity index (χ0n) is 21.4. The van der Waals surface area contributed by atoms with Gasteiger partial charge in [-0.15, -0.1) is 0 Å². The molecule has 0 saturated heterocycles. The molecule has 11 nitrogen and oxygen atoms in total. The number of pyridine rings is 1. The molecule has 2 aromatic heterocycles. The number of H-pyrrole nitrogens is 2. The van der Waals surface area contributed by atoms with Gasteiger partial charge in [0.15, 0.2) is 5.82 Å². The maximum atomic E-state index is 13.4. The number of nitrogens with zero attached hydrogens (tertiary/aromatic N) is 1. The predicted octanol–water partition coefficient (Wildman–Crippen LogP) is 1.22. The Bertz CT molecular complexity index is 1360. The summed E-state index contributed by atoms with van der Waals surface area (Å²) >= 11 is 0. The van der Waals surface area contributed by atoms with Crippen LogP contribution in [0.5, 0.6) is 0 Å². The molecule has 0 radical (unpaired) electrons. The zero-order valence-corrected chi connectivity index (χ0v) is 21.4. The van der Waals surface area contributed by atoms with E-state index >= 15 is 0 Å². The average Bonchev–Trinajstić information content (AvgIpc) is 3.62. The van der Waals surface area contributed by atoms with E-state index < -0.39 is 41.1 Å². The Morgan fingerprint density at radius 2 is 1.79 bits per heavy atom. The lowest BCUT2D eigenvalue weighted by atomic mass is 9.99. The number of para-hydroxylation sites is 2. The summed E-state index contributed by atoms with van der Waals surface area (Å²) in [6.45, 7) is 4.18. The first-order chi connectivity index (χ1) is 18.2. The lowest BCUT2D eigenvalue weighted by Crippen LogP contribution is -2.55. The van der Waals surface area contributed by atoms with Gasteiger partial charge >= 0.3 is 0 Å². The van der Waals surface area contributed by atoms with E-state index in [0.29, 0.717) is 23.5 Å². The monoisotopic (exact) mass is 520 g/mol. The molecule has 3 aromatic rings. The quantitative estimate of drug-likeness (QED) is 0.225. The number of imidazole rings is 1. The second kappa shape index (κ2) is 11.8. The number of Topliss-reactive ketones (excluding diaryl/α,β-unsaturated/α-hetero) is 1. The number of fused-ring (bicyclic) bond motifs is 1. The molecule has 3 amide bonds. The predicted molar refractivity (Wildman–Crippen MR) is 140 cm³/mol. The number of hydrogen-bond donors (Lipinski definition) is 5. The maximum Gasteiger partial charge on any atom is 0.289 e. The minimum Gasteiger partial charge on any atom is -0.349 e. The number of carbonyl (C=O) groups is 4.